The SMILES string of the molecule is C=C1O[C@H](/C(C)=C/I)O[C@H](CCO[B]PS)[C@@H]1C. The van der Waals surface area contributed by atoms with Gasteiger partial charge < -0.3 is 14.1 Å². The van der Waals surface area contributed by atoms with Gasteiger partial charge in [0.2, 0.25) is 6.29 Å². The van der Waals surface area contributed by atoms with Crippen LogP contribution in [-0.2, 0) is 14.1 Å². The van der Waals surface area contributed by atoms with Crippen LogP contribution in [0.15, 0.2) is 22.0 Å². The fraction of sp³-hybridized carbons (Fsp3) is 0.636. The highest BCUT2D eigenvalue weighted by Crippen LogP contribution is 2.31. The summed E-state index contributed by atoms with van der Waals surface area (Å²) in [7, 11) is 2.13. The van der Waals surface area contributed by atoms with Crippen LogP contribution in [-0.4, -0.2) is 26.2 Å². The van der Waals surface area contributed by atoms with Gasteiger partial charge in [-0.3, -0.25) is 0 Å². The lowest BCUT2D eigenvalue weighted by Crippen LogP contribution is -2.38. The fourth-order valence-electron chi connectivity index (χ4n) is 1.61. The molecule has 0 bridgehead atoms. The van der Waals surface area contributed by atoms with Gasteiger partial charge in [0.1, 0.15) is 0 Å². The van der Waals surface area contributed by atoms with Crippen LogP contribution in [0.1, 0.15) is 20.3 Å². The molecule has 1 radical (unpaired) electrons. The maximum Gasteiger partial charge on any atom is 0.332 e. The molecule has 3 nitrogen and oxygen atoms in total. The van der Waals surface area contributed by atoms with E-state index >= 15 is 0 Å². The van der Waals surface area contributed by atoms with E-state index in [1.165, 1.54) is 0 Å². The largest absolute Gasteiger partial charge is 0.466 e. The molecule has 1 aliphatic rings. The topological polar surface area (TPSA) is 27.7 Å². The van der Waals surface area contributed by atoms with Crippen molar-refractivity contribution in [2.45, 2.75) is 32.7 Å². The Hall–Kier alpha value is 0.775. The first-order chi connectivity index (χ1) is 8.60. The smallest absolute Gasteiger partial charge is 0.332 e. The zero-order valence-corrected chi connectivity index (χ0v) is 14.6. The van der Waals surface area contributed by atoms with Gasteiger partial charge in [0, 0.05) is 18.1 Å². The van der Waals surface area contributed by atoms with Crippen LogP contribution in [0.25, 0.3) is 0 Å². The molecule has 7 heteroatoms. The maximum absolute atomic E-state index is 5.94. The van der Waals surface area contributed by atoms with E-state index in [1.807, 2.05) is 11.0 Å². The van der Waals surface area contributed by atoms with Gasteiger partial charge in [-0.25, -0.2) is 0 Å². The molecular formula is C11H18BIO3PS. The van der Waals surface area contributed by atoms with Crippen molar-refractivity contribution < 1.29 is 14.1 Å². The average molecular weight is 399 g/mol. The molecule has 1 fully saturated rings. The van der Waals surface area contributed by atoms with Gasteiger partial charge in [-0.2, -0.15) is 12.2 Å². The van der Waals surface area contributed by atoms with E-state index in [0.29, 0.717) is 14.3 Å². The molecule has 1 heterocycles. The molecule has 1 rings (SSSR count). The zero-order chi connectivity index (χ0) is 13.5. The lowest BCUT2D eigenvalue weighted by molar-refractivity contribution is -0.185. The summed E-state index contributed by atoms with van der Waals surface area (Å²) in [5.41, 5.74) is 1.05. The molecule has 0 aromatic heterocycles. The molecule has 101 valence electrons. The Morgan fingerprint density at radius 3 is 3.06 bits per heavy atom. The van der Waals surface area contributed by atoms with E-state index in [2.05, 4.69) is 48.3 Å². The minimum Gasteiger partial charge on any atom is -0.466 e. The summed E-state index contributed by atoms with van der Waals surface area (Å²) in [6.07, 6.45) is 0.592. The van der Waals surface area contributed by atoms with Crippen molar-refractivity contribution in [3.8, 4) is 0 Å². The van der Waals surface area contributed by atoms with Crippen molar-refractivity contribution in [2.24, 2.45) is 5.92 Å². The first-order valence-corrected chi connectivity index (χ1v) is 9.32. The predicted molar refractivity (Wildman–Crippen MR) is 89.5 cm³/mol. The number of halogens is 1. The predicted octanol–water partition coefficient (Wildman–Crippen LogP) is 3.68. The van der Waals surface area contributed by atoms with Crippen LogP contribution in [0, 0.1) is 5.92 Å². The zero-order valence-electron chi connectivity index (χ0n) is 10.6. The lowest BCUT2D eigenvalue weighted by Gasteiger charge is -2.37. The second kappa shape index (κ2) is 8.85. The minimum absolute atomic E-state index is 0.0826. The van der Waals surface area contributed by atoms with E-state index in [4.69, 9.17) is 14.1 Å². The average Bonchev–Trinajstić information content (AvgIpc) is 2.38. The first kappa shape index (κ1) is 16.8. The van der Waals surface area contributed by atoms with Gasteiger partial charge >= 0.3 is 7.20 Å². The standard InChI is InChI=1S/C11H18BIO3PS/c1-7(6-13)11-15-9(3)8(2)10(16-11)4-5-14-12-17-18/h6,8,10-11,17-18H,3-5H2,1-2H3/b7-6+/t8-,10-,11+/m1/s1. The van der Waals surface area contributed by atoms with E-state index in [9.17, 15) is 0 Å². The summed E-state index contributed by atoms with van der Waals surface area (Å²) in [5, 5.41) is 0. The molecule has 0 aromatic rings. The Kier molecular flexibility index (Phi) is 8.27. The Balaban J connectivity index is 2.51. The first-order valence-electron chi connectivity index (χ1n) is 5.70. The third-order valence-corrected chi connectivity index (χ3v) is 4.39. The van der Waals surface area contributed by atoms with Crippen LogP contribution in [0.2, 0.25) is 0 Å². The van der Waals surface area contributed by atoms with Crippen LogP contribution >= 0.6 is 42.5 Å². The fourth-order valence-corrected chi connectivity index (χ4v) is 2.32. The molecule has 0 aromatic carbocycles. The highest BCUT2D eigenvalue weighted by atomic mass is 127. The number of rotatable bonds is 6. The number of hydrogen-bond donors (Lipinski definition) is 1. The van der Waals surface area contributed by atoms with Gasteiger partial charge in [-0.1, -0.05) is 43.8 Å². The quantitative estimate of drug-likeness (QED) is 0.243. The minimum atomic E-state index is -0.314. The molecular weight excluding hydrogens is 381 g/mol. The van der Waals surface area contributed by atoms with Gasteiger partial charge in [0.15, 0.2) is 0 Å². The third kappa shape index (κ3) is 5.04. The van der Waals surface area contributed by atoms with Crippen molar-refractivity contribution in [1.82, 2.24) is 0 Å². The summed E-state index contributed by atoms with van der Waals surface area (Å²) in [4.78, 5) is 0. The molecule has 0 saturated carbocycles. The monoisotopic (exact) mass is 399 g/mol. The van der Waals surface area contributed by atoms with Gasteiger partial charge in [-0.15, -0.1) is 0 Å². The second-order valence-electron chi connectivity index (χ2n) is 4.14. The molecule has 4 atom stereocenters. The summed E-state index contributed by atoms with van der Waals surface area (Å²) >= 11 is 6.27. The summed E-state index contributed by atoms with van der Waals surface area (Å²) in [6, 6.07) is 0. The van der Waals surface area contributed by atoms with Crippen molar-refractivity contribution in [1.29, 1.82) is 0 Å². The molecule has 0 N–H and O–H groups in total. The van der Waals surface area contributed by atoms with Crippen molar-refractivity contribution in [3.05, 3.63) is 22.0 Å². The maximum atomic E-state index is 5.94. The second-order valence-corrected chi connectivity index (χ2v) is 6.03. The van der Waals surface area contributed by atoms with Gasteiger partial charge in [-0.05, 0) is 17.4 Å². The van der Waals surface area contributed by atoms with Gasteiger partial charge in [0.25, 0.3) is 0 Å². The van der Waals surface area contributed by atoms with Crippen LogP contribution < -0.4 is 0 Å². The number of ether oxygens (including phenoxy) is 2. The third-order valence-electron chi connectivity index (χ3n) is 2.82. The molecule has 0 aliphatic carbocycles. The lowest BCUT2D eigenvalue weighted by atomic mass is 9.99. The summed E-state index contributed by atoms with van der Waals surface area (Å²) < 4.78 is 18.9. The molecule has 0 spiro atoms. The Morgan fingerprint density at radius 1 is 1.72 bits per heavy atom. The van der Waals surface area contributed by atoms with E-state index in [-0.39, 0.29) is 18.3 Å². The highest BCUT2D eigenvalue weighted by Gasteiger charge is 2.32. The normalized spacial score (nSPS) is 29.7. The molecule has 1 saturated heterocycles. The van der Waals surface area contributed by atoms with Crippen LogP contribution in [0.3, 0.4) is 0 Å². The number of hydrogen-bond acceptors (Lipinski definition) is 4. The van der Waals surface area contributed by atoms with E-state index in [0.717, 1.165) is 17.8 Å². The van der Waals surface area contributed by atoms with Crippen LogP contribution in [0.4, 0.5) is 0 Å². The van der Waals surface area contributed by atoms with Crippen molar-refractivity contribution in [2.75, 3.05) is 6.61 Å². The summed E-state index contributed by atoms with van der Waals surface area (Å²) in [6.45, 7) is 8.66. The van der Waals surface area contributed by atoms with Crippen molar-refractivity contribution in [3.63, 3.8) is 0 Å². The Labute approximate surface area is 130 Å². The van der Waals surface area contributed by atoms with E-state index < -0.39 is 0 Å². The van der Waals surface area contributed by atoms with E-state index in [1.54, 1.807) is 7.20 Å². The van der Waals surface area contributed by atoms with Crippen LogP contribution in [0.5, 0.6) is 0 Å². The molecule has 18 heavy (non-hydrogen) atoms. The van der Waals surface area contributed by atoms with Crippen molar-refractivity contribution >= 4 is 49.7 Å². The van der Waals surface area contributed by atoms with Gasteiger partial charge in [0.05, 0.1) is 11.9 Å². The molecule has 1 unspecified atom stereocenters. The summed E-state index contributed by atoms with van der Waals surface area (Å²) in [5.74, 6) is 0.971. The number of thiol groups is 1. The Morgan fingerprint density at radius 2 is 2.44 bits per heavy atom. The Bertz CT molecular complexity index is 317. The molecule has 1 aliphatic heterocycles. The molecule has 0 amide bonds. The highest BCUT2D eigenvalue weighted by molar-refractivity contribution is 14.1.